The molecule has 0 aliphatic carbocycles. The Morgan fingerprint density at radius 3 is 2.71 bits per heavy atom. The Morgan fingerprint density at radius 2 is 1.86 bits per heavy atom. The lowest BCUT2D eigenvalue weighted by Gasteiger charge is -2.07. The van der Waals surface area contributed by atoms with Crippen LogP contribution in [-0.4, -0.2) is 27.0 Å². The Labute approximate surface area is 121 Å². The summed E-state index contributed by atoms with van der Waals surface area (Å²) in [5.74, 6) is 0.616. The maximum atomic E-state index is 11.8. The van der Waals surface area contributed by atoms with Crippen LogP contribution < -0.4 is 10.6 Å². The molecule has 0 fully saturated rings. The van der Waals surface area contributed by atoms with Gasteiger partial charge in [-0.2, -0.15) is 0 Å². The minimum atomic E-state index is -0.0912. The molecule has 2 heterocycles. The molecule has 6 nitrogen and oxygen atoms in total. The van der Waals surface area contributed by atoms with E-state index in [1.165, 1.54) is 0 Å². The third-order valence-corrected chi connectivity index (χ3v) is 3.05. The first-order valence-electron chi connectivity index (χ1n) is 6.67. The van der Waals surface area contributed by atoms with Crippen molar-refractivity contribution in [2.75, 3.05) is 11.9 Å². The average molecular weight is 281 g/mol. The van der Waals surface area contributed by atoms with Gasteiger partial charge in [0.2, 0.25) is 5.91 Å². The van der Waals surface area contributed by atoms with Gasteiger partial charge in [0.15, 0.2) is 11.5 Å². The number of amides is 1. The summed E-state index contributed by atoms with van der Waals surface area (Å²) in [6, 6.07) is 15.3. The average Bonchev–Trinajstić information content (AvgIpc) is 2.95. The maximum absolute atomic E-state index is 11.8. The zero-order chi connectivity index (χ0) is 14.5. The van der Waals surface area contributed by atoms with Gasteiger partial charge in [0.1, 0.15) is 0 Å². The molecule has 0 aliphatic heterocycles. The molecule has 0 saturated heterocycles. The summed E-state index contributed by atoms with van der Waals surface area (Å²) < 4.78 is 1.85. The van der Waals surface area contributed by atoms with Gasteiger partial charge >= 0.3 is 0 Å². The molecule has 106 valence electrons. The zero-order valence-corrected chi connectivity index (χ0v) is 11.4. The summed E-state index contributed by atoms with van der Waals surface area (Å²) in [4.78, 5) is 11.8. The Balaban J connectivity index is 1.54. The van der Waals surface area contributed by atoms with Crippen LogP contribution in [0.25, 0.3) is 5.65 Å². The molecule has 0 unspecified atom stereocenters. The van der Waals surface area contributed by atoms with Gasteiger partial charge in [-0.15, -0.1) is 10.2 Å². The number of hydrogen-bond acceptors (Lipinski definition) is 4. The van der Waals surface area contributed by atoms with E-state index >= 15 is 0 Å². The number of pyridine rings is 1. The minimum Gasteiger partial charge on any atom is -0.376 e. The lowest BCUT2D eigenvalue weighted by atomic mass is 10.3. The molecule has 0 spiro atoms. The fraction of sp³-hybridized carbons (Fsp3) is 0.133. The molecule has 0 radical (unpaired) electrons. The number of carbonyl (C=O) groups excluding carboxylic acids is 1. The van der Waals surface area contributed by atoms with Crippen LogP contribution in [0.4, 0.5) is 5.69 Å². The van der Waals surface area contributed by atoms with Crippen LogP contribution in [0.3, 0.4) is 0 Å². The van der Waals surface area contributed by atoms with E-state index in [0.29, 0.717) is 12.4 Å². The van der Waals surface area contributed by atoms with Crippen LogP contribution in [0.5, 0.6) is 0 Å². The van der Waals surface area contributed by atoms with Gasteiger partial charge in [-0.3, -0.25) is 9.20 Å². The normalized spacial score (nSPS) is 10.5. The van der Waals surface area contributed by atoms with E-state index in [9.17, 15) is 4.79 Å². The minimum absolute atomic E-state index is 0.0912. The Bertz CT molecular complexity index is 738. The van der Waals surface area contributed by atoms with E-state index in [1.807, 2.05) is 59.1 Å². The summed E-state index contributed by atoms with van der Waals surface area (Å²) in [5, 5.41) is 14.0. The van der Waals surface area contributed by atoms with E-state index < -0.39 is 0 Å². The van der Waals surface area contributed by atoms with Gasteiger partial charge in [-0.25, -0.2) is 0 Å². The van der Waals surface area contributed by atoms with Crippen LogP contribution in [0.1, 0.15) is 5.82 Å². The van der Waals surface area contributed by atoms with Crippen molar-refractivity contribution in [3.8, 4) is 0 Å². The topological polar surface area (TPSA) is 71.3 Å². The van der Waals surface area contributed by atoms with E-state index in [2.05, 4.69) is 20.8 Å². The van der Waals surface area contributed by atoms with Crippen LogP contribution in [0.15, 0.2) is 54.7 Å². The molecule has 0 bridgehead atoms. The van der Waals surface area contributed by atoms with Gasteiger partial charge in [-0.05, 0) is 24.3 Å². The second-order valence-corrected chi connectivity index (χ2v) is 4.54. The smallest absolute Gasteiger partial charge is 0.239 e. The molecule has 0 aliphatic rings. The Kier molecular flexibility index (Phi) is 3.77. The highest BCUT2D eigenvalue weighted by Crippen LogP contribution is 2.04. The SMILES string of the molecule is O=C(CNc1ccccc1)NCc1nnc2ccccn12. The summed E-state index contributed by atoms with van der Waals surface area (Å²) in [5.41, 5.74) is 1.68. The number of hydrogen-bond donors (Lipinski definition) is 2. The van der Waals surface area contributed by atoms with Gasteiger partial charge < -0.3 is 10.6 Å². The molecule has 2 N–H and O–H groups in total. The van der Waals surface area contributed by atoms with Crippen molar-refractivity contribution < 1.29 is 4.79 Å². The molecule has 3 rings (SSSR count). The lowest BCUT2D eigenvalue weighted by molar-refractivity contribution is -0.119. The number of fused-ring (bicyclic) bond motifs is 1. The number of benzene rings is 1. The molecular formula is C15H15N5O. The Morgan fingerprint density at radius 1 is 1.05 bits per heavy atom. The summed E-state index contributed by atoms with van der Waals surface area (Å²) in [6.45, 7) is 0.571. The molecule has 3 aromatic rings. The fourth-order valence-electron chi connectivity index (χ4n) is 1.99. The number of anilines is 1. The molecule has 21 heavy (non-hydrogen) atoms. The van der Waals surface area contributed by atoms with Crippen LogP contribution in [-0.2, 0) is 11.3 Å². The molecule has 1 amide bonds. The number of para-hydroxylation sites is 1. The highest BCUT2D eigenvalue weighted by Gasteiger charge is 2.06. The molecule has 2 aromatic heterocycles. The first-order valence-corrected chi connectivity index (χ1v) is 6.67. The second kappa shape index (κ2) is 6.04. The van der Waals surface area contributed by atoms with Crippen molar-refractivity contribution in [2.24, 2.45) is 0 Å². The monoisotopic (exact) mass is 281 g/mol. The fourth-order valence-corrected chi connectivity index (χ4v) is 1.99. The number of nitrogens with zero attached hydrogens (tertiary/aromatic N) is 3. The van der Waals surface area contributed by atoms with Crippen molar-refractivity contribution in [2.45, 2.75) is 6.54 Å². The predicted molar refractivity (Wildman–Crippen MR) is 79.8 cm³/mol. The zero-order valence-electron chi connectivity index (χ0n) is 11.4. The molecule has 6 heteroatoms. The molecule has 0 saturated carbocycles. The van der Waals surface area contributed by atoms with Crippen LogP contribution in [0.2, 0.25) is 0 Å². The third kappa shape index (κ3) is 3.17. The molecule has 0 atom stereocenters. The van der Waals surface area contributed by atoms with E-state index in [0.717, 1.165) is 11.3 Å². The largest absolute Gasteiger partial charge is 0.376 e. The van der Waals surface area contributed by atoms with Crippen molar-refractivity contribution >= 4 is 17.2 Å². The van der Waals surface area contributed by atoms with Gasteiger partial charge in [0.25, 0.3) is 0 Å². The van der Waals surface area contributed by atoms with E-state index in [1.54, 1.807) is 0 Å². The van der Waals surface area contributed by atoms with Crippen LogP contribution in [0, 0.1) is 0 Å². The number of nitrogens with one attached hydrogen (secondary N) is 2. The predicted octanol–water partition coefficient (Wildman–Crippen LogP) is 1.46. The standard InChI is InChI=1S/C15H15N5O/c21-15(11-16-12-6-2-1-3-7-12)17-10-14-19-18-13-8-4-5-9-20(13)14/h1-9,16H,10-11H2,(H,17,21). The highest BCUT2D eigenvalue weighted by atomic mass is 16.1. The second-order valence-electron chi connectivity index (χ2n) is 4.54. The van der Waals surface area contributed by atoms with Crippen molar-refractivity contribution in [1.29, 1.82) is 0 Å². The first-order chi connectivity index (χ1) is 10.3. The van der Waals surface area contributed by atoms with Crippen molar-refractivity contribution in [3.05, 3.63) is 60.6 Å². The number of rotatable bonds is 5. The first kappa shape index (κ1) is 13.1. The van der Waals surface area contributed by atoms with Crippen molar-refractivity contribution in [3.63, 3.8) is 0 Å². The third-order valence-electron chi connectivity index (χ3n) is 3.05. The quantitative estimate of drug-likeness (QED) is 0.742. The molecular weight excluding hydrogens is 266 g/mol. The maximum Gasteiger partial charge on any atom is 0.239 e. The lowest BCUT2D eigenvalue weighted by Crippen LogP contribution is -2.30. The Hall–Kier alpha value is -2.89. The summed E-state index contributed by atoms with van der Waals surface area (Å²) in [7, 11) is 0. The van der Waals surface area contributed by atoms with Gasteiger partial charge in [0, 0.05) is 11.9 Å². The molecule has 1 aromatic carbocycles. The summed E-state index contributed by atoms with van der Waals surface area (Å²) >= 11 is 0. The van der Waals surface area contributed by atoms with Gasteiger partial charge in [0.05, 0.1) is 13.1 Å². The number of carbonyl (C=O) groups is 1. The van der Waals surface area contributed by atoms with E-state index in [-0.39, 0.29) is 12.5 Å². The summed E-state index contributed by atoms with van der Waals surface area (Å²) in [6.07, 6.45) is 1.87. The van der Waals surface area contributed by atoms with Crippen molar-refractivity contribution in [1.82, 2.24) is 19.9 Å². The highest BCUT2D eigenvalue weighted by molar-refractivity contribution is 5.80. The number of aromatic nitrogens is 3. The van der Waals surface area contributed by atoms with E-state index in [4.69, 9.17) is 0 Å². The van der Waals surface area contributed by atoms with Gasteiger partial charge in [-0.1, -0.05) is 24.3 Å². The van der Waals surface area contributed by atoms with Crippen LogP contribution >= 0.6 is 0 Å².